The van der Waals surface area contributed by atoms with E-state index in [0.29, 0.717) is 6.04 Å². The average Bonchev–Trinajstić information content (AvgIpc) is 2.43. The zero-order valence-electron chi connectivity index (χ0n) is 11.1. The summed E-state index contributed by atoms with van der Waals surface area (Å²) < 4.78 is 0. The Bertz CT molecular complexity index is 491. The van der Waals surface area contributed by atoms with E-state index in [0.717, 1.165) is 26.1 Å². The van der Waals surface area contributed by atoms with Gasteiger partial charge in [0.1, 0.15) is 0 Å². The van der Waals surface area contributed by atoms with Crippen LogP contribution in [0.3, 0.4) is 0 Å². The minimum absolute atomic E-state index is 0.645. The first kappa shape index (κ1) is 12.2. The summed E-state index contributed by atoms with van der Waals surface area (Å²) in [5.74, 6) is 0. The van der Waals surface area contributed by atoms with Crippen molar-refractivity contribution in [2.45, 2.75) is 12.5 Å². The maximum atomic E-state index is 3.37. The van der Waals surface area contributed by atoms with E-state index >= 15 is 0 Å². The lowest BCUT2D eigenvalue weighted by Crippen LogP contribution is -2.57. The van der Waals surface area contributed by atoms with E-state index in [2.05, 4.69) is 70.9 Å². The lowest BCUT2D eigenvalue weighted by atomic mass is 10.1. The van der Waals surface area contributed by atoms with E-state index in [1.54, 1.807) is 0 Å². The molecule has 1 aliphatic heterocycles. The molecule has 0 radical (unpaired) electrons. The van der Waals surface area contributed by atoms with E-state index in [1.807, 2.05) is 0 Å². The summed E-state index contributed by atoms with van der Waals surface area (Å²) in [6.45, 7) is 3.29. The zero-order valence-corrected chi connectivity index (χ0v) is 11.1. The van der Waals surface area contributed by atoms with Gasteiger partial charge in [-0.05, 0) is 24.1 Å². The number of nitrogens with one attached hydrogen (secondary N) is 1. The maximum Gasteiger partial charge on any atom is 0.0539 e. The molecule has 3 rings (SSSR count). The summed E-state index contributed by atoms with van der Waals surface area (Å²) in [7, 11) is 0. The minimum Gasteiger partial charge on any atom is -0.366 e. The van der Waals surface area contributed by atoms with Crippen molar-refractivity contribution in [3.05, 3.63) is 66.2 Å². The molecule has 0 aliphatic carbocycles. The van der Waals surface area contributed by atoms with Crippen LogP contribution in [0.25, 0.3) is 0 Å². The van der Waals surface area contributed by atoms with Gasteiger partial charge in [0, 0.05) is 25.3 Å². The lowest BCUT2D eigenvalue weighted by Gasteiger charge is -2.40. The summed E-state index contributed by atoms with van der Waals surface area (Å²) in [5, 5.41) is 3.37. The molecule has 0 unspecified atom stereocenters. The van der Waals surface area contributed by atoms with E-state index in [4.69, 9.17) is 0 Å². The van der Waals surface area contributed by atoms with Crippen molar-refractivity contribution in [2.75, 3.05) is 24.5 Å². The van der Waals surface area contributed by atoms with Gasteiger partial charge < -0.3 is 10.2 Å². The van der Waals surface area contributed by atoms with Gasteiger partial charge in [0.2, 0.25) is 0 Å². The van der Waals surface area contributed by atoms with Crippen molar-refractivity contribution in [1.29, 1.82) is 0 Å². The van der Waals surface area contributed by atoms with Crippen molar-refractivity contribution in [3.8, 4) is 0 Å². The van der Waals surface area contributed by atoms with Gasteiger partial charge in [-0.3, -0.25) is 0 Å². The summed E-state index contributed by atoms with van der Waals surface area (Å²) in [6, 6.07) is 22.1. The molecule has 2 aromatic carbocycles. The number of rotatable bonds is 5. The normalized spacial score (nSPS) is 14.9. The Morgan fingerprint density at radius 1 is 0.895 bits per heavy atom. The second-order valence-electron chi connectivity index (χ2n) is 5.08. The third kappa shape index (κ3) is 2.96. The predicted molar refractivity (Wildman–Crippen MR) is 80.6 cm³/mol. The number of anilines is 1. The first-order chi connectivity index (χ1) is 9.43. The van der Waals surface area contributed by atoms with Gasteiger partial charge in [-0.2, -0.15) is 0 Å². The highest BCUT2D eigenvalue weighted by molar-refractivity contribution is 5.48. The third-order valence-corrected chi connectivity index (χ3v) is 3.77. The van der Waals surface area contributed by atoms with Gasteiger partial charge in [-0.1, -0.05) is 48.5 Å². The van der Waals surface area contributed by atoms with Crippen LogP contribution in [0.15, 0.2) is 60.7 Å². The second-order valence-corrected chi connectivity index (χ2v) is 5.08. The summed E-state index contributed by atoms with van der Waals surface area (Å²) in [6.07, 6.45) is 1.10. The topological polar surface area (TPSA) is 15.3 Å². The van der Waals surface area contributed by atoms with Crippen LogP contribution < -0.4 is 10.2 Å². The SMILES string of the molecule is c1ccc(CCN(c2ccccc2)C2CNC2)cc1. The third-order valence-electron chi connectivity index (χ3n) is 3.77. The van der Waals surface area contributed by atoms with Gasteiger partial charge in [-0.25, -0.2) is 0 Å². The first-order valence-electron chi connectivity index (χ1n) is 7.00. The molecule has 1 fully saturated rings. The van der Waals surface area contributed by atoms with Crippen LogP contribution in [0.2, 0.25) is 0 Å². The van der Waals surface area contributed by atoms with Crippen molar-refractivity contribution in [1.82, 2.24) is 5.32 Å². The molecule has 98 valence electrons. The van der Waals surface area contributed by atoms with Crippen LogP contribution in [-0.2, 0) is 6.42 Å². The van der Waals surface area contributed by atoms with Crippen LogP contribution >= 0.6 is 0 Å². The first-order valence-corrected chi connectivity index (χ1v) is 7.00. The van der Waals surface area contributed by atoms with Crippen molar-refractivity contribution < 1.29 is 0 Å². The molecule has 0 amide bonds. The fourth-order valence-corrected chi connectivity index (χ4v) is 2.53. The minimum atomic E-state index is 0.645. The fraction of sp³-hybridized carbons (Fsp3) is 0.294. The molecule has 0 aromatic heterocycles. The Kier molecular flexibility index (Phi) is 3.80. The molecule has 19 heavy (non-hydrogen) atoms. The number of hydrogen-bond acceptors (Lipinski definition) is 2. The largest absolute Gasteiger partial charge is 0.366 e. The van der Waals surface area contributed by atoms with Crippen LogP contribution in [-0.4, -0.2) is 25.7 Å². The molecule has 0 bridgehead atoms. The van der Waals surface area contributed by atoms with Gasteiger partial charge in [0.15, 0.2) is 0 Å². The number of hydrogen-bond donors (Lipinski definition) is 1. The van der Waals surface area contributed by atoms with Crippen molar-refractivity contribution in [3.63, 3.8) is 0 Å². The van der Waals surface area contributed by atoms with Crippen LogP contribution in [0.1, 0.15) is 5.56 Å². The summed E-state index contributed by atoms with van der Waals surface area (Å²) in [5.41, 5.74) is 2.75. The van der Waals surface area contributed by atoms with Crippen LogP contribution in [0, 0.1) is 0 Å². The fourth-order valence-electron chi connectivity index (χ4n) is 2.53. The van der Waals surface area contributed by atoms with Crippen molar-refractivity contribution in [2.24, 2.45) is 0 Å². The maximum absolute atomic E-state index is 3.37. The lowest BCUT2D eigenvalue weighted by molar-refractivity contribution is 0.414. The highest BCUT2D eigenvalue weighted by atomic mass is 15.2. The van der Waals surface area contributed by atoms with Gasteiger partial charge in [0.25, 0.3) is 0 Å². The van der Waals surface area contributed by atoms with Crippen LogP contribution in [0.5, 0.6) is 0 Å². The highest BCUT2D eigenvalue weighted by Gasteiger charge is 2.24. The average molecular weight is 252 g/mol. The Morgan fingerprint density at radius 3 is 2.11 bits per heavy atom. The van der Waals surface area contributed by atoms with E-state index in [9.17, 15) is 0 Å². The summed E-state index contributed by atoms with van der Waals surface area (Å²) >= 11 is 0. The Hall–Kier alpha value is -1.80. The molecule has 2 heteroatoms. The Balaban J connectivity index is 1.70. The van der Waals surface area contributed by atoms with Crippen molar-refractivity contribution >= 4 is 5.69 Å². The monoisotopic (exact) mass is 252 g/mol. The number of para-hydroxylation sites is 1. The molecule has 2 aromatic rings. The molecule has 2 nitrogen and oxygen atoms in total. The van der Waals surface area contributed by atoms with E-state index in [1.165, 1.54) is 11.3 Å². The van der Waals surface area contributed by atoms with Crippen LogP contribution in [0.4, 0.5) is 5.69 Å². The summed E-state index contributed by atoms with van der Waals surface area (Å²) in [4.78, 5) is 2.53. The van der Waals surface area contributed by atoms with E-state index in [-0.39, 0.29) is 0 Å². The molecule has 1 saturated heterocycles. The number of nitrogens with zero attached hydrogens (tertiary/aromatic N) is 1. The van der Waals surface area contributed by atoms with Gasteiger partial charge in [0.05, 0.1) is 6.04 Å². The molecule has 0 spiro atoms. The standard InChI is InChI=1S/C17H20N2/c1-3-7-15(8-4-1)11-12-19(17-13-18-14-17)16-9-5-2-6-10-16/h1-10,17-18H,11-14H2. The zero-order chi connectivity index (χ0) is 12.9. The number of benzene rings is 2. The second kappa shape index (κ2) is 5.89. The van der Waals surface area contributed by atoms with Gasteiger partial charge >= 0.3 is 0 Å². The molecule has 1 aliphatic rings. The molecule has 1 N–H and O–H groups in total. The molecule has 0 atom stereocenters. The highest BCUT2D eigenvalue weighted by Crippen LogP contribution is 2.19. The molecule has 1 heterocycles. The smallest absolute Gasteiger partial charge is 0.0539 e. The molecular weight excluding hydrogens is 232 g/mol. The molecular formula is C17H20N2. The van der Waals surface area contributed by atoms with E-state index < -0.39 is 0 Å². The predicted octanol–water partition coefficient (Wildman–Crippen LogP) is 2.71. The van der Waals surface area contributed by atoms with Gasteiger partial charge in [-0.15, -0.1) is 0 Å². The Morgan fingerprint density at radius 2 is 1.53 bits per heavy atom. The molecule has 0 saturated carbocycles. The quantitative estimate of drug-likeness (QED) is 0.880. The Labute approximate surface area is 115 Å².